The molecule has 0 aliphatic carbocycles. The molecular formula is C15H23NO3. The highest BCUT2D eigenvalue weighted by atomic mass is 16.5. The zero-order valence-corrected chi connectivity index (χ0v) is 11.9. The average Bonchev–Trinajstić information content (AvgIpc) is 2.43. The second-order valence-corrected chi connectivity index (χ2v) is 5.41. The Balaban J connectivity index is 2.55. The topological polar surface area (TPSA) is 58.6 Å². The van der Waals surface area contributed by atoms with Crippen molar-refractivity contribution in [1.29, 1.82) is 0 Å². The normalized spacial score (nSPS) is 11.2. The highest BCUT2D eigenvalue weighted by Gasteiger charge is 2.18. The molecule has 4 nitrogen and oxygen atoms in total. The van der Waals surface area contributed by atoms with Crippen molar-refractivity contribution < 1.29 is 14.6 Å². The fraction of sp³-hybridized carbons (Fsp3) is 0.533. The summed E-state index contributed by atoms with van der Waals surface area (Å²) in [4.78, 5) is 12.0. The van der Waals surface area contributed by atoms with Gasteiger partial charge in [0.2, 0.25) is 0 Å². The van der Waals surface area contributed by atoms with Gasteiger partial charge >= 0.3 is 0 Å². The summed E-state index contributed by atoms with van der Waals surface area (Å²) in [6.07, 6.45) is 1.63. The van der Waals surface area contributed by atoms with E-state index >= 15 is 0 Å². The average molecular weight is 265 g/mol. The van der Waals surface area contributed by atoms with Crippen LogP contribution in [0.2, 0.25) is 0 Å². The van der Waals surface area contributed by atoms with Gasteiger partial charge in [-0.05, 0) is 36.5 Å². The number of ether oxygens (including phenoxy) is 1. The minimum atomic E-state index is -0.101. The number of benzene rings is 1. The first-order chi connectivity index (χ1) is 8.98. The Kier molecular flexibility index (Phi) is 5.83. The van der Waals surface area contributed by atoms with Crippen LogP contribution >= 0.6 is 0 Å². The number of rotatable bonds is 7. The molecule has 0 radical (unpaired) electrons. The van der Waals surface area contributed by atoms with Gasteiger partial charge in [0, 0.05) is 18.7 Å². The molecule has 1 aromatic carbocycles. The maximum atomic E-state index is 12.0. The van der Waals surface area contributed by atoms with Crippen LogP contribution < -0.4 is 10.1 Å². The Bertz CT molecular complexity index is 416. The summed E-state index contributed by atoms with van der Waals surface area (Å²) in [6.45, 7) is 4.93. The van der Waals surface area contributed by atoms with Crippen LogP contribution in [-0.4, -0.2) is 31.3 Å². The second kappa shape index (κ2) is 7.14. The summed E-state index contributed by atoms with van der Waals surface area (Å²) in [5, 5.41) is 11.8. The van der Waals surface area contributed by atoms with Crippen molar-refractivity contribution in [3.8, 4) is 5.75 Å². The van der Waals surface area contributed by atoms with Gasteiger partial charge in [-0.25, -0.2) is 0 Å². The number of amides is 1. The molecule has 0 aliphatic heterocycles. The van der Waals surface area contributed by atoms with Gasteiger partial charge < -0.3 is 15.2 Å². The zero-order chi connectivity index (χ0) is 14.3. The van der Waals surface area contributed by atoms with Gasteiger partial charge in [0.1, 0.15) is 5.75 Å². The van der Waals surface area contributed by atoms with E-state index in [9.17, 15) is 4.79 Å². The molecule has 106 valence electrons. The third-order valence-electron chi connectivity index (χ3n) is 3.07. The molecule has 19 heavy (non-hydrogen) atoms. The molecule has 2 N–H and O–H groups in total. The summed E-state index contributed by atoms with van der Waals surface area (Å²) < 4.78 is 5.10. The molecule has 0 bridgehead atoms. The summed E-state index contributed by atoms with van der Waals surface area (Å²) >= 11 is 0. The zero-order valence-electron chi connectivity index (χ0n) is 11.9. The standard InChI is InChI=1S/C15H23NO3/c1-15(2,8-5-9-17)11-16-14(18)12-6-4-7-13(10-12)19-3/h4,6-7,10,17H,5,8-9,11H2,1-3H3,(H,16,18). The summed E-state index contributed by atoms with van der Waals surface area (Å²) in [6, 6.07) is 7.08. The van der Waals surface area contributed by atoms with E-state index in [1.807, 2.05) is 6.07 Å². The number of nitrogens with one attached hydrogen (secondary N) is 1. The van der Waals surface area contributed by atoms with Crippen LogP contribution in [0.5, 0.6) is 5.75 Å². The second-order valence-electron chi connectivity index (χ2n) is 5.41. The Hall–Kier alpha value is -1.55. The molecule has 0 heterocycles. The fourth-order valence-corrected chi connectivity index (χ4v) is 1.83. The lowest BCUT2D eigenvalue weighted by Crippen LogP contribution is -2.34. The predicted octanol–water partition coefficient (Wildman–Crippen LogP) is 2.22. The van der Waals surface area contributed by atoms with Crippen molar-refractivity contribution in [3.05, 3.63) is 29.8 Å². The first kappa shape index (κ1) is 15.5. The summed E-state index contributed by atoms with van der Waals surface area (Å²) in [7, 11) is 1.58. The molecule has 1 amide bonds. The van der Waals surface area contributed by atoms with Gasteiger partial charge in [-0.15, -0.1) is 0 Å². The van der Waals surface area contributed by atoms with E-state index < -0.39 is 0 Å². The molecule has 0 saturated heterocycles. The van der Waals surface area contributed by atoms with E-state index in [1.165, 1.54) is 0 Å². The van der Waals surface area contributed by atoms with Crippen LogP contribution in [0.3, 0.4) is 0 Å². The lowest BCUT2D eigenvalue weighted by Gasteiger charge is -2.24. The van der Waals surface area contributed by atoms with Crippen molar-refractivity contribution in [2.75, 3.05) is 20.3 Å². The molecule has 0 saturated carbocycles. The van der Waals surface area contributed by atoms with Crippen molar-refractivity contribution in [2.45, 2.75) is 26.7 Å². The van der Waals surface area contributed by atoms with E-state index in [4.69, 9.17) is 9.84 Å². The first-order valence-corrected chi connectivity index (χ1v) is 6.51. The summed E-state index contributed by atoms with van der Waals surface area (Å²) in [5.74, 6) is 0.572. The highest BCUT2D eigenvalue weighted by molar-refractivity contribution is 5.94. The lowest BCUT2D eigenvalue weighted by molar-refractivity contribution is 0.0932. The number of carbonyl (C=O) groups excluding carboxylic acids is 1. The van der Waals surface area contributed by atoms with Gasteiger partial charge in [0.15, 0.2) is 0 Å². The maximum absolute atomic E-state index is 12.0. The molecule has 0 aliphatic rings. The van der Waals surface area contributed by atoms with Crippen molar-refractivity contribution in [2.24, 2.45) is 5.41 Å². The van der Waals surface area contributed by atoms with Gasteiger partial charge in [0.25, 0.3) is 5.91 Å². The van der Waals surface area contributed by atoms with E-state index in [0.29, 0.717) is 17.9 Å². The fourth-order valence-electron chi connectivity index (χ4n) is 1.83. The van der Waals surface area contributed by atoms with E-state index in [-0.39, 0.29) is 17.9 Å². The number of hydrogen-bond acceptors (Lipinski definition) is 3. The number of aliphatic hydroxyl groups is 1. The Morgan fingerprint density at radius 1 is 1.42 bits per heavy atom. The smallest absolute Gasteiger partial charge is 0.251 e. The first-order valence-electron chi connectivity index (χ1n) is 6.51. The molecule has 0 atom stereocenters. The monoisotopic (exact) mass is 265 g/mol. The molecule has 4 heteroatoms. The Labute approximate surface area is 114 Å². The van der Waals surface area contributed by atoms with Gasteiger partial charge in [-0.3, -0.25) is 4.79 Å². The lowest BCUT2D eigenvalue weighted by atomic mass is 9.88. The van der Waals surface area contributed by atoms with Crippen LogP contribution in [0, 0.1) is 5.41 Å². The van der Waals surface area contributed by atoms with Gasteiger partial charge in [0.05, 0.1) is 7.11 Å². The molecule has 0 aromatic heterocycles. The quantitative estimate of drug-likeness (QED) is 0.794. The molecule has 1 rings (SSSR count). The van der Waals surface area contributed by atoms with Crippen LogP contribution in [-0.2, 0) is 0 Å². The van der Waals surface area contributed by atoms with Crippen LogP contribution in [0.4, 0.5) is 0 Å². The third-order valence-corrected chi connectivity index (χ3v) is 3.07. The van der Waals surface area contributed by atoms with Crippen LogP contribution in [0.15, 0.2) is 24.3 Å². The molecule has 1 aromatic rings. The number of carbonyl (C=O) groups is 1. The largest absolute Gasteiger partial charge is 0.497 e. The molecular weight excluding hydrogens is 242 g/mol. The molecule has 0 spiro atoms. The highest BCUT2D eigenvalue weighted by Crippen LogP contribution is 2.21. The SMILES string of the molecule is COc1cccc(C(=O)NCC(C)(C)CCCO)c1. The molecule has 0 unspecified atom stereocenters. The number of hydrogen-bond donors (Lipinski definition) is 2. The molecule has 0 fully saturated rings. The minimum Gasteiger partial charge on any atom is -0.497 e. The van der Waals surface area contributed by atoms with E-state index in [0.717, 1.165) is 12.8 Å². The van der Waals surface area contributed by atoms with E-state index in [1.54, 1.807) is 25.3 Å². The van der Waals surface area contributed by atoms with Crippen LogP contribution in [0.1, 0.15) is 37.0 Å². The minimum absolute atomic E-state index is 0.0166. The Morgan fingerprint density at radius 2 is 2.16 bits per heavy atom. The Morgan fingerprint density at radius 3 is 2.79 bits per heavy atom. The van der Waals surface area contributed by atoms with Gasteiger partial charge in [-0.1, -0.05) is 19.9 Å². The van der Waals surface area contributed by atoms with Crippen molar-refractivity contribution in [1.82, 2.24) is 5.32 Å². The van der Waals surface area contributed by atoms with Crippen molar-refractivity contribution >= 4 is 5.91 Å². The van der Waals surface area contributed by atoms with E-state index in [2.05, 4.69) is 19.2 Å². The third kappa shape index (κ3) is 5.30. The number of aliphatic hydroxyl groups excluding tert-OH is 1. The predicted molar refractivity (Wildman–Crippen MR) is 75.4 cm³/mol. The van der Waals surface area contributed by atoms with Crippen molar-refractivity contribution in [3.63, 3.8) is 0 Å². The maximum Gasteiger partial charge on any atom is 0.251 e. The van der Waals surface area contributed by atoms with Gasteiger partial charge in [-0.2, -0.15) is 0 Å². The van der Waals surface area contributed by atoms with Crippen LogP contribution in [0.25, 0.3) is 0 Å². The number of methoxy groups -OCH3 is 1. The summed E-state index contributed by atoms with van der Waals surface area (Å²) in [5.41, 5.74) is 0.578.